The Morgan fingerprint density at radius 2 is 2.00 bits per heavy atom. The van der Waals surface area contributed by atoms with E-state index in [9.17, 15) is 0 Å². The molecular weight excluding hydrogens is 240 g/mol. The smallest absolute Gasteiger partial charge is 0.142 e. The highest BCUT2D eigenvalue weighted by molar-refractivity contribution is 5.29. The molecule has 1 aromatic heterocycles. The van der Waals surface area contributed by atoms with Gasteiger partial charge < -0.3 is 14.8 Å². The number of rotatable bonds is 10. The Morgan fingerprint density at radius 3 is 2.74 bits per heavy atom. The van der Waals surface area contributed by atoms with Gasteiger partial charge in [-0.05, 0) is 44.9 Å². The highest BCUT2D eigenvalue weighted by Gasteiger charge is 2.05. The van der Waals surface area contributed by atoms with Gasteiger partial charge in [0.2, 0.25) is 0 Å². The lowest BCUT2D eigenvalue weighted by Crippen LogP contribution is -2.16. The van der Waals surface area contributed by atoms with E-state index in [1.54, 1.807) is 7.11 Å². The molecule has 4 nitrogen and oxygen atoms in total. The van der Waals surface area contributed by atoms with Crippen molar-refractivity contribution in [2.75, 3.05) is 26.9 Å². The molecular formula is C15H26N2O2. The quantitative estimate of drug-likeness (QED) is 0.661. The fraction of sp³-hybridized carbons (Fsp3) is 0.667. The lowest BCUT2D eigenvalue weighted by atomic mass is 10.2. The molecule has 0 aliphatic carbocycles. The Balaban J connectivity index is 2.45. The van der Waals surface area contributed by atoms with Crippen LogP contribution in [0.1, 0.15) is 37.6 Å². The van der Waals surface area contributed by atoms with E-state index in [1.807, 2.05) is 19.1 Å². The van der Waals surface area contributed by atoms with Crippen molar-refractivity contribution in [3.63, 3.8) is 0 Å². The molecule has 0 aliphatic rings. The van der Waals surface area contributed by atoms with Crippen LogP contribution in [0.25, 0.3) is 0 Å². The van der Waals surface area contributed by atoms with E-state index in [0.29, 0.717) is 0 Å². The number of nitrogens with one attached hydrogen (secondary N) is 1. The molecule has 19 heavy (non-hydrogen) atoms. The zero-order chi connectivity index (χ0) is 13.9. The van der Waals surface area contributed by atoms with Crippen LogP contribution in [0, 0.1) is 6.92 Å². The Morgan fingerprint density at radius 1 is 1.21 bits per heavy atom. The highest BCUT2D eigenvalue weighted by Crippen LogP contribution is 2.17. The van der Waals surface area contributed by atoms with Crippen LogP contribution in [0.2, 0.25) is 0 Å². The van der Waals surface area contributed by atoms with Crippen LogP contribution < -0.4 is 10.1 Å². The monoisotopic (exact) mass is 266 g/mol. The number of aromatic nitrogens is 1. The molecule has 0 spiro atoms. The molecule has 0 atom stereocenters. The van der Waals surface area contributed by atoms with Crippen molar-refractivity contribution < 1.29 is 9.47 Å². The summed E-state index contributed by atoms with van der Waals surface area (Å²) in [6.45, 7) is 7.44. The van der Waals surface area contributed by atoms with Gasteiger partial charge in [0.25, 0.3) is 0 Å². The number of unbranched alkanes of at least 4 members (excludes halogenated alkanes) is 1. The molecule has 1 rings (SSSR count). The summed E-state index contributed by atoms with van der Waals surface area (Å²) in [6.07, 6.45) is 3.15. The molecule has 1 N–H and O–H groups in total. The van der Waals surface area contributed by atoms with Gasteiger partial charge in [-0.1, -0.05) is 6.92 Å². The number of ether oxygens (including phenoxy) is 2. The molecule has 0 saturated heterocycles. The zero-order valence-electron chi connectivity index (χ0n) is 12.4. The van der Waals surface area contributed by atoms with Gasteiger partial charge in [-0.3, -0.25) is 4.98 Å². The molecule has 0 saturated carbocycles. The van der Waals surface area contributed by atoms with E-state index < -0.39 is 0 Å². The Bertz CT molecular complexity index is 356. The summed E-state index contributed by atoms with van der Waals surface area (Å²) in [5.41, 5.74) is 2.03. The SMILES string of the molecule is CCCNCc1nc(C)ccc1OCCCCOC. The fourth-order valence-corrected chi connectivity index (χ4v) is 1.77. The van der Waals surface area contributed by atoms with Gasteiger partial charge in [-0.25, -0.2) is 0 Å². The largest absolute Gasteiger partial charge is 0.492 e. The van der Waals surface area contributed by atoms with E-state index in [4.69, 9.17) is 9.47 Å². The molecule has 108 valence electrons. The molecule has 1 heterocycles. The van der Waals surface area contributed by atoms with Crippen LogP contribution in [0.3, 0.4) is 0 Å². The topological polar surface area (TPSA) is 43.4 Å². The lowest BCUT2D eigenvalue weighted by Gasteiger charge is -2.12. The Labute approximate surface area is 116 Å². The standard InChI is InChI=1S/C15H26N2O2/c1-4-9-16-12-14-15(8-7-13(2)17-14)19-11-6-5-10-18-3/h7-8,16H,4-6,9-12H2,1-3H3. The van der Waals surface area contributed by atoms with Gasteiger partial charge in [0.05, 0.1) is 12.3 Å². The molecule has 4 heteroatoms. The highest BCUT2D eigenvalue weighted by atomic mass is 16.5. The fourth-order valence-electron chi connectivity index (χ4n) is 1.77. The third-order valence-corrected chi connectivity index (χ3v) is 2.79. The summed E-state index contributed by atoms with van der Waals surface area (Å²) >= 11 is 0. The maximum Gasteiger partial charge on any atom is 0.142 e. The van der Waals surface area contributed by atoms with Crippen molar-refractivity contribution in [3.05, 3.63) is 23.5 Å². The molecule has 0 bridgehead atoms. The van der Waals surface area contributed by atoms with Crippen molar-refractivity contribution in [3.8, 4) is 5.75 Å². The minimum atomic E-state index is 0.717. The Hall–Kier alpha value is -1.13. The van der Waals surface area contributed by atoms with Gasteiger partial charge >= 0.3 is 0 Å². The molecule has 0 aliphatic heterocycles. The number of hydrogen-bond donors (Lipinski definition) is 1. The third-order valence-electron chi connectivity index (χ3n) is 2.79. The maximum atomic E-state index is 5.81. The number of methoxy groups -OCH3 is 1. The lowest BCUT2D eigenvalue weighted by molar-refractivity contribution is 0.184. The van der Waals surface area contributed by atoms with Crippen molar-refractivity contribution in [1.29, 1.82) is 0 Å². The first-order chi connectivity index (χ1) is 9.27. The summed E-state index contributed by atoms with van der Waals surface area (Å²) in [5.74, 6) is 0.895. The number of aryl methyl sites for hydroxylation is 1. The molecule has 1 aromatic rings. The molecule has 0 aromatic carbocycles. The van der Waals surface area contributed by atoms with Crippen molar-refractivity contribution in [1.82, 2.24) is 10.3 Å². The van der Waals surface area contributed by atoms with Gasteiger partial charge in [-0.2, -0.15) is 0 Å². The average molecular weight is 266 g/mol. The minimum Gasteiger partial charge on any atom is -0.492 e. The third kappa shape index (κ3) is 6.55. The summed E-state index contributed by atoms with van der Waals surface area (Å²) < 4.78 is 10.8. The van der Waals surface area contributed by atoms with Crippen LogP contribution in [0.5, 0.6) is 5.75 Å². The first-order valence-corrected chi connectivity index (χ1v) is 7.07. The molecule has 0 radical (unpaired) electrons. The van der Waals surface area contributed by atoms with Crippen LogP contribution >= 0.6 is 0 Å². The Kier molecular flexibility index (Phi) is 8.18. The van der Waals surface area contributed by atoms with E-state index in [2.05, 4.69) is 17.2 Å². The zero-order valence-corrected chi connectivity index (χ0v) is 12.4. The molecule has 0 unspecified atom stereocenters. The second-order valence-electron chi connectivity index (χ2n) is 4.62. The van der Waals surface area contributed by atoms with Crippen LogP contribution in [-0.4, -0.2) is 31.9 Å². The second-order valence-corrected chi connectivity index (χ2v) is 4.62. The number of nitrogens with zero attached hydrogens (tertiary/aromatic N) is 1. The van der Waals surface area contributed by atoms with E-state index >= 15 is 0 Å². The van der Waals surface area contributed by atoms with E-state index in [1.165, 1.54) is 0 Å². The summed E-state index contributed by atoms with van der Waals surface area (Å²) in [7, 11) is 1.72. The van der Waals surface area contributed by atoms with Crippen LogP contribution in [-0.2, 0) is 11.3 Å². The van der Waals surface area contributed by atoms with Gasteiger partial charge in [0, 0.05) is 26.0 Å². The first kappa shape index (κ1) is 15.9. The van der Waals surface area contributed by atoms with Gasteiger partial charge in [0.1, 0.15) is 5.75 Å². The van der Waals surface area contributed by atoms with Crippen molar-refractivity contribution in [2.24, 2.45) is 0 Å². The summed E-state index contributed by atoms with van der Waals surface area (Å²) in [4.78, 5) is 4.55. The predicted molar refractivity (Wildman–Crippen MR) is 77.6 cm³/mol. The first-order valence-electron chi connectivity index (χ1n) is 7.07. The minimum absolute atomic E-state index is 0.717. The second kappa shape index (κ2) is 9.75. The summed E-state index contributed by atoms with van der Waals surface area (Å²) in [6, 6.07) is 4.01. The normalized spacial score (nSPS) is 10.7. The number of pyridine rings is 1. The predicted octanol–water partition coefficient (Wildman–Crippen LogP) is 2.70. The van der Waals surface area contributed by atoms with Crippen molar-refractivity contribution in [2.45, 2.75) is 39.7 Å². The molecule has 0 amide bonds. The van der Waals surface area contributed by atoms with Crippen LogP contribution in [0.4, 0.5) is 0 Å². The maximum absolute atomic E-state index is 5.81. The van der Waals surface area contributed by atoms with Gasteiger partial charge in [-0.15, -0.1) is 0 Å². The van der Waals surface area contributed by atoms with Crippen LogP contribution in [0.15, 0.2) is 12.1 Å². The van der Waals surface area contributed by atoms with E-state index in [0.717, 1.165) is 62.7 Å². The van der Waals surface area contributed by atoms with Gasteiger partial charge in [0.15, 0.2) is 0 Å². The summed E-state index contributed by atoms with van der Waals surface area (Å²) in [5, 5.41) is 3.37. The number of hydrogen-bond acceptors (Lipinski definition) is 4. The van der Waals surface area contributed by atoms with Crippen molar-refractivity contribution >= 4 is 0 Å². The van der Waals surface area contributed by atoms with E-state index in [-0.39, 0.29) is 0 Å². The molecule has 0 fully saturated rings. The average Bonchev–Trinajstić information content (AvgIpc) is 2.41.